The van der Waals surface area contributed by atoms with E-state index in [1.165, 1.54) is 16.5 Å². The summed E-state index contributed by atoms with van der Waals surface area (Å²) in [5.74, 6) is 1.13. The summed E-state index contributed by atoms with van der Waals surface area (Å²) in [5, 5.41) is 4.56. The number of hydrogen-bond acceptors (Lipinski definition) is 2. The Hall–Kier alpha value is -3.46. The Balaban J connectivity index is 1.19. The number of nitrogens with one attached hydrogen (secondary N) is 1. The molecule has 0 spiro atoms. The van der Waals surface area contributed by atoms with Crippen LogP contribution in [0.1, 0.15) is 60.9 Å². The maximum absolute atomic E-state index is 13.0. The fourth-order valence-corrected chi connectivity index (χ4v) is 5.42. The average molecular weight is 449 g/mol. The van der Waals surface area contributed by atoms with Gasteiger partial charge in [-0.15, -0.1) is 0 Å². The molecule has 1 N–H and O–H groups in total. The lowest BCUT2D eigenvalue weighted by atomic mass is 9.75. The van der Waals surface area contributed by atoms with Gasteiger partial charge >= 0.3 is 0 Å². The predicted octanol–water partition coefficient (Wildman–Crippen LogP) is 7.38. The third-order valence-corrected chi connectivity index (χ3v) is 7.43. The van der Waals surface area contributed by atoms with Crippen molar-refractivity contribution in [2.75, 3.05) is 0 Å². The first-order chi connectivity index (χ1) is 16.7. The number of hydrogen-bond donors (Lipinski definition) is 1. The summed E-state index contributed by atoms with van der Waals surface area (Å²) in [5.41, 5.74) is 5.44. The van der Waals surface area contributed by atoms with Gasteiger partial charge < -0.3 is 5.32 Å². The van der Waals surface area contributed by atoms with Crippen LogP contribution in [0.3, 0.4) is 0 Å². The van der Waals surface area contributed by atoms with E-state index in [9.17, 15) is 4.79 Å². The molecule has 1 amide bonds. The van der Waals surface area contributed by atoms with Crippen molar-refractivity contribution in [2.24, 2.45) is 5.92 Å². The van der Waals surface area contributed by atoms with Gasteiger partial charge in [0.15, 0.2) is 0 Å². The van der Waals surface area contributed by atoms with Crippen LogP contribution in [-0.2, 0) is 0 Å². The number of rotatable bonds is 6. The lowest BCUT2D eigenvalue weighted by Gasteiger charge is -2.34. The van der Waals surface area contributed by atoms with E-state index >= 15 is 0 Å². The van der Waals surface area contributed by atoms with Crippen LogP contribution >= 0.6 is 0 Å². The molecule has 172 valence electrons. The molecule has 5 rings (SSSR count). The van der Waals surface area contributed by atoms with Crippen molar-refractivity contribution < 1.29 is 4.79 Å². The lowest BCUT2D eigenvalue weighted by molar-refractivity contribution is 0.0909. The van der Waals surface area contributed by atoms with Crippen molar-refractivity contribution in [2.45, 2.75) is 51.0 Å². The van der Waals surface area contributed by atoms with E-state index in [2.05, 4.69) is 59.8 Å². The zero-order valence-corrected chi connectivity index (χ0v) is 19.8. The quantitative estimate of drug-likeness (QED) is 0.334. The molecule has 1 aromatic heterocycles. The largest absolute Gasteiger partial charge is 0.349 e. The normalized spacial score (nSPS) is 19.0. The zero-order chi connectivity index (χ0) is 23.3. The van der Waals surface area contributed by atoms with Crippen LogP contribution in [0.25, 0.3) is 22.0 Å². The van der Waals surface area contributed by atoms with Crippen LogP contribution in [0.4, 0.5) is 0 Å². The second kappa shape index (κ2) is 10.2. The van der Waals surface area contributed by atoms with Crippen LogP contribution in [-0.4, -0.2) is 16.9 Å². The first kappa shape index (κ1) is 22.3. The Morgan fingerprint density at radius 2 is 1.56 bits per heavy atom. The van der Waals surface area contributed by atoms with Crippen molar-refractivity contribution >= 4 is 16.8 Å². The number of carbonyl (C=O) groups is 1. The fraction of sp³-hybridized carbons (Fsp3) is 0.290. The Bertz CT molecular complexity index is 1240. The van der Waals surface area contributed by atoms with Crippen molar-refractivity contribution in [3.05, 3.63) is 102 Å². The van der Waals surface area contributed by atoms with E-state index < -0.39 is 0 Å². The number of para-hydroxylation sites is 1. The second-order valence-corrected chi connectivity index (χ2v) is 9.50. The highest BCUT2D eigenvalue weighted by Gasteiger charge is 2.28. The van der Waals surface area contributed by atoms with Gasteiger partial charge in [0.2, 0.25) is 0 Å². The minimum absolute atomic E-state index is 0.0346. The lowest BCUT2D eigenvalue weighted by Crippen LogP contribution is -2.41. The van der Waals surface area contributed by atoms with Gasteiger partial charge in [-0.2, -0.15) is 0 Å². The highest BCUT2D eigenvalue weighted by Crippen LogP contribution is 2.38. The minimum atomic E-state index is 0.0346. The number of benzene rings is 3. The van der Waals surface area contributed by atoms with E-state index in [1.807, 2.05) is 48.5 Å². The predicted molar refractivity (Wildman–Crippen MR) is 140 cm³/mol. The van der Waals surface area contributed by atoms with Crippen LogP contribution in [0.5, 0.6) is 0 Å². The molecule has 1 saturated carbocycles. The van der Waals surface area contributed by atoms with E-state index in [1.54, 1.807) is 0 Å². The molecule has 3 aromatic carbocycles. The van der Waals surface area contributed by atoms with Gasteiger partial charge in [-0.25, -0.2) is 0 Å². The highest BCUT2D eigenvalue weighted by molar-refractivity contribution is 5.94. The number of aromatic nitrogens is 1. The third-order valence-electron chi connectivity index (χ3n) is 7.43. The summed E-state index contributed by atoms with van der Waals surface area (Å²) in [6, 6.07) is 29.1. The van der Waals surface area contributed by atoms with Crippen LogP contribution < -0.4 is 5.32 Å². The summed E-state index contributed by atoms with van der Waals surface area (Å²) in [4.78, 5) is 17.7. The molecule has 1 fully saturated rings. The minimum Gasteiger partial charge on any atom is -0.349 e. The molecule has 0 aliphatic heterocycles. The molecule has 1 atom stereocenters. The van der Waals surface area contributed by atoms with Crippen molar-refractivity contribution in [3.63, 3.8) is 0 Å². The molecule has 0 radical (unpaired) electrons. The number of amides is 1. The van der Waals surface area contributed by atoms with Gasteiger partial charge in [0, 0.05) is 23.2 Å². The van der Waals surface area contributed by atoms with Gasteiger partial charge in [0.05, 0.1) is 5.52 Å². The topological polar surface area (TPSA) is 42.0 Å². The summed E-state index contributed by atoms with van der Waals surface area (Å²) in [7, 11) is 0. The highest BCUT2D eigenvalue weighted by atomic mass is 16.1. The Morgan fingerprint density at radius 1 is 0.882 bits per heavy atom. The van der Waals surface area contributed by atoms with Crippen LogP contribution in [0.2, 0.25) is 0 Å². The van der Waals surface area contributed by atoms with Gasteiger partial charge in [-0.3, -0.25) is 9.78 Å². The summed E-state index contributed by atoms with van der Waals surface area (Å²) >= 11 is 0. The van der Waals surface area contributed by atoms with Gasteiger partial charge in [0.1, 0.15) is 0 Å². The molecule has 1 heterocycles. The molecule has 3 heteroatoms. The molecule has 3 nitrogen and oxygen atoms in total. The maximum Gasteiger partial charge on any atom is 0.251 e. The number of pyridine rings is 1. The molecular weight excluding hydrogens is 416 g/mol. The van der Waals surface area contributed by atoms with Gasteiger partial charge in [-0.1, -0.05) is 67.6 Å². The third kappa shape index (κ3) is 4.89. The van der Waals surface area contributed by atoms with Crippen LogP contribution in [0.15, 0.2) is 91.1 Å². The summed E-state index contributed by atoms with van der Waals surface area (Å²) in [6.07, 6.45) is 7.62. The molecule has 34 heavy (non-hydrogen) atoms. The average Bonchev–Trinajstić information content (AvgIpc) is 2.92. The standard InChI is InChI=1S/C31H32N2O/c1-2-29(33-31(34)26-18-14-23(15-19-26)22-8-4-3-5-9-22)25-16-12-24(13-17-25)28-20-27-10-6-7-11-30(27)32-21-28/h3-11,14-15,18-21,24-25,29H,2,12-13,16-17H2,1H3,(H,33,34)/t24-,25+,29-/m0/s1. The van der Waals surface area contributed by atoms with Crippen molar-refractivity contribution in [1.82, 2.24) is 10.3 Å². The molecule has 0 bridgehead atoms. The van der Waals surface area contributed by atoms with Crippen molar-refractivity contribution in [1.29, 1.82) is 0 Å². The summed E-state index contributed by atoms with van der Waals surface area (Å²) in [6.45, 7) is 2.18. The van der Waals surface area contributed by atoms with E-state index in [4.69, 9.17) is 0 Å². The summed E-state index contributed by atoms with van der Waals surface area (Å²) < 4.78 is 0. The van der Waals surface area contributed by atoms with E-state index in [-0.39, 0.29) is 11.9 Å². The molecule has 4 aromatic rings. The number of nitrogens with zero attached hydrogens (tertiary/aromatic N) is 1. The Morgan fingerprint density at radius 3 is 2.29 bits per heavy atom. The Kier molecular flexibility index (Phi) is 6.71. The monoisotopic (exact) mass is 448 g/mol. The fourth-order valence-electron chi connectivity index (χ4n) is 5.42. The molecule has 1 aliphatic rings. The van der Waals surface area contributed by atoms with Gasteiger partial charge in [-0.05, 0) is 84.9 Å². The van der Waals surface area contributed by atoms with E-state index in [0.717, 1.165) is 48.7 Å². The Labute approximate surface area is 202 Å². The van der Waals surface area contributed by atoms with Crippen molar-refractivity contribution in [3.8, 4) is 11.1 Å². The van der Waals surface area contributed by atoms with E-state index in [0.29, 0.717) is 11.8 Å². The van der Waals surface area contributed by atoms with Gasteiger partial charge in [0.25, 0.3) is 5.91 Å². The first-order valence-corrected chi connectivity index (χ1v) is 12.5. The molecule has 0 unspecified atom stereocenters. The molecular formula is C31H32N2O. The SMILES string of the molecule is CC[C@H](NC(=O)c1ccc(-c2ccccc2)cc1)[C@H]1CC[C@@H](c2cnc3ccccc3c2)CC1. The smallest absolute Gasteiger partial charge is 0.251 e. The number of carbonyl (C=O) groups excluding carboxylic acids is 1. The maximum atomic E-state index is 13.0. The molecule has 0 saturated heterocycles. The van der Waals surface area contributed by atoms with Crippen LogP contribution in [0, 0.1) is 5.92 Å². The number of fused-ring (bicyclic) bond motifs is 1. The molecule has 1 aliphatic carbocycles. The zero-order valence-electron chi connectivity index (χ0n) is 19.8. The first-order valence-electron chi connectivity index (χ1n) is 12.5. The second-order valence-electron chi connectivity index (χ2n) is 9.50.